The standard InChI is InChI=1S/C9H14N4O/c1-6-2-7(10)4-13(6)8-3-9(14)12-5-11-8/h3,5-7H,2,4,10H2,1H3,(H,11,12,14). The second-order valence-corrected chi connectivity index (χ2v) is 3.77. The second kappa shape index (κ2) is 3.42. The van der Waals surface area contributed by atoms with Gasteiger partial charge in [-0.15, -0.1) is 0 Å². The Balaban J connectivity index is 2.27. The Labute approximate surface area is 82.0 Å². The lowest BCUT2D eigenvalue weighted by Crippen LogP contribution is -2.30. The summed E-state index contributed by atoms with van der Waals surface area (Å²) in [4.78, 5) is 19.8. The molecule has 2 rings (SSSR count). The summed E-state index contributed by atoms with van der Waals surface area (Å²) >= 11 is 0. The van der Waals surface area contributed by atoms with E-state index in [-0.39, 0.29) is 11.6 Å². The van der Waals surface area contributed by atoms with Crippen LogP contribution in [0.5, 0.6) is 0 Å². The van der Waals surface area contributed by atoms with Crippen LogP contribution < -0.4 is 16.2 Å². The Morgan fingerprint density at radius 2 is 2.50 bits per heavy atom. The third kappa shape index (κ3) is 1.63. The van der Waals surface area contributed by atoms with Gasteiger partial charge in [0.15, 0.2) is 0 Å². The highest BCUT2D eigenvalue weighted by molar-refractivity contribution is 5.39. The van der Waals surface area contributed by atoms with E-state index in [4.69, 9.17) is 5.73 Å². The van der Waals surface area contributed by atoms with E-state index in [9.17, 15) is 4.79 Å². The summed E-state index contributed by atoms with van der Waals surface area (Å²) in [5, 5.41) is 0. The number of nitrogens with two attached hydrogens (primary N) is 1. The first-order chi connectivity index (χ1) is 6.66. The van der Waals surface area contributed by atoms with Gasteiger partial charge in [0.2, 0.25) is 0 Å². The predicted octanol–water partition coefficient (Wildman–Crippen LogP) is -0.304. The Bertz CT molecular complexity index is 375. The third-order valence-corrected chi connectivity index (χ3v) is 2.57. The van der Waals surface area contributed by atoms with E-state index in [1.165, 1.54) is 12.4 Å². The van der Waals surface area contributed by atoms with Crippen molar-refractivity contribution in [1.82, 2.24) is 9.97 Å². The first-order valence-corrected chi connectivity index (χ1v) is 4.74. The summed E-state index contributed by atoms with van der Waals surface area (Å²) < 4.78 is 0. The number of aromatic nitrogens is 2. The van der Waals surface area contributed by atoms with Gasteiger partial charge in [0.1, 0.15) is 5.82 Å². The van der Waals surface area contributed by atoms with E-state index in [1.807, 2.05) is 0 Å². The number of hydrogen-bond acceptors (Lipinski definition) is 4. The van der Waals surface area contributed by atoms with Crippen molar-refractivity contribution in [2.75, 3.05) is 11.4 Å². The summed E-state index contributed by atoms with van der Waals surface area (Å²) in [6.07, 6.45) is 2.38. The van der Waals surface area contributed by atoms with Crippen LogP contribution in [-0.2, 0) is 0 Å². The molecule has 2 unspecified atom stereocenters. The average Bonchev–Trinajstić information content (AvgIpc) is 2.45. The Morgan fingerprint density at radius 1 is 1.71 bits per heavy atom. The zero-order valence-electron chi connectivity index (χ0n) is 8.10. The molecule has 1 aromatic rings. The van der Waals surface area contributed by atoms with Gasteiger partial charge in [-0.3, -0.25) is 4.79 Å². The Morgan fingerprint density at radius 3 is 3.07 bits per heavy atom. The number of aromatic amines is 1. The van der Waals surface area contributed by atoms with Gasteiger partial charge in [0.05, 0.1) is 6.33 Å². The molecule has 2 heterocycles. The lowest BCUT2D eigenvalue weighted by molar-refractivity contribution is 0.688. The molecule has 0 bridgehead atoms. The summed E-state index contributed by atoms with van der Waals surface area (Å²) in [5.41, 5.74) is 5.71. The highest BCUT2D eigenvalue weighted by Gasteiger charge is 2.27. The molecule has 0 spiro atoms. The Kier molecular flexibility index (Phi) is 2.25. The molecule has 1 fully saturated rings. The van der Waals surface area contributed by atoms with Crippen LogP contribution in [0.3, 0.4) is 0 Å². The minimum atomic E-state index is -0.123. The van der Waals surface area contributed by atoms with Crippen LogP contribution in [0.4, 0.5) is 5.82 Å². The molecule has 1 aromatic heterocycles. The number of rotatable bonds is 1. The van der Waals surface area contributed by atoms with Crippen molar-refractivity contribution in [2.45, 2.75) is 25.4 Å². The van der Waals surface area contributed by atoms with Gasteiger partial charge in [0.25, 0.3) is 5.56 Å². The quantitative estimate of drug-likeness (QED) is 0.643. The maximum atomic E-state index is 11.1. The molecule has 0 aromatic carbocycles. The fourth-order valence-corrected chi connectivity index (χ4v) is 1.91. The van der Waals surface area contributed by atoms with Gasteiger partial charge in [0, 0.05) is 24.7 Å². The minimum absolute atomic E-state index is 0.123. The topological polar surface area (TPSA) is 75.0 Å². The van der Waals surface area contributed by atoms with Gasteiger partial charge < -0.3 is 15.6 Å². The largest absolute Gasteiger partial charge is 0.352 e. The molecule has 5 nitrogen and oxygen atoms in total. The lowest BCUT2D eigenvalue weighted by Gasteiger charge is -2.21. The van der Waals surface area contributed by atoms with Crippen LogP contribution in [0.25, 0.3) is 0 Å². The smallest absolute Gasteiger partial charge is 0.252 e. The maximum absolute atomic E-state index is 11.1. The van der Waals surface area contributed by atoms with Crippen LogP contribution in [0, 0.1) is 0 Å². The summed E-state index contributed by atoms with van der Waals surface area (Å²) in [6.45, 7) is 2.87. The maximum Gasteiger partial charge on any atom is 0.252 e. The van der Waals surface area contributed by atoms with E-state index >= 15 is 0 Å². The van der Waals surface area contributed by atoms with Gasteiger partial charge in [-0.05, 0) is 13.3 Å². The third-order valence-electron chi connectivity index (χ3n) is 2.57. The number of H-pyrrole nitrogens is 1. The zero-order chi connectivity index (χ0) is 10.1. The number of nitrogens with one attached hydrogen (secondary N) is 1. The predicted molar refractivity (Wildman–Crippen MR) is 54.3 cm³/mol. The SMILES string of the molecule is CC1CC(N)CN1c1cc(=O)[nH]cn1. The number of nitrogens with zero attached hydrogens (tertiary/aromatic N) is 2. The van der Waals surface area contributed by atoms with Crippen molar-refractivity contribution in [1.29, 1.82) is 0 Å². The monoisotopic (exact) mass is 194 g/mol. The fourth-order valence-electron chi connectivity index (χ4n) is 1.91. The molecule has 0 radical (unpaired) electrons. The van der Waals surface area contributed by atoms with Crippen LogP contribution in [0.15, 0.2) is 17.2 Å². The van der Waals surface area contributed by atoms with Crippen LogP contribution >= 0.6 is 0 Å². The van der Waals surface area contributed by atoms with Crippen LogP contribution in [0.1, 0.15) is 13.3 Å². The highest BCUT2D eigenvalue weighted by Crippen LogP contribution is 2.20. The van der Waals surface area contributed by atoms with E-state index in [0.717, 1.165) is 13.0 Å². The molecule has 5 heteroatoms. The number of hydrogen-bond donors (Lipinski definition) is 2. The normalized spacial score (nSPS) is 26.9. The van der Waals surface area contributed by atoms with Crippen molar-refractivity contribution >= 4 is 5.82 Å². The first kappa shape index (κ1) is 9.21. The molecule has 0 aliphatic carbocycles. The highest BCUT2D eigenvalue weighted by atomic mass is 16.1. The van der Waals surface area contributed by atoms with Crippen LogP contribution in [0.2, 0.25) is 0 Å². The van der Waals surface area contributed by atoms with E-state index in [2.05, 4.69) is 21.8 Å². The van der Waals surface area contributed by atoms with Gasteiger partial charge in [-0.1, -0.05) is 0 Å². The molecule has 1 aliphatic heterocycles. The van der Waals surface area contributed by atoms with Crippen molar-refractivity contribution < 1.29 is 0 Å². The summed E-state index contributed by atoms with van der Waals surface area (Å²) in [6, 6.07) is 2.06. The van der Waals surface area contributed by atoms with Gasteiger partial charge >= 0.3 is 0 Å². The molecule has 3 N–H and O–H groups in total. The average molecular weight is 194 g/mol. The van der Waals surface area contributed by atoms with E-state index < -0.39 is 0 Å². The zero-order valence-corrected chi connectivity index (χ0v) is 8.10. The molecular weight excluding hydrogens is 180 g/mol. The fraction of sp³-hybridized carbons (Fsp3) is 0.556. The van der Waals surface area contributed by atoms with Crippen molar-refractivity contribution in [2.24, 2.45) is 5.73 Å². The summed E-state index contributed by atoms with van der Waals surface area (Å²) in [7, 11) is 0. The van der Waals surface area contributed by atoms with Crippen molar-refractivity contribution in [3.8, 4) is 0 Å². The molecule has 14 heavy (non-hydrogen) atoms. The minimum Gasteiger partial charge on any atom is -0.352 e. The molecule has 1 aliphatic rings. The lowest BCUT2D eigenvalue weighted by atomic mass is 10.2. The summed E-state index contributed by atoms with van der Waals surface area (Å²) in [5.74, 6) is 0.717. The molecule has 0 saturated carbocycles. The van der Waals surface area contributed by atoms with Crippen molar-refractivity contribution in [3.63, 3.8) is 0 Å². The van der Waals surface area contributed by atoms with Gasteiger partial charge in [-0.2, -0.15) is 0 Å². The van der Waals surface area contributed by atoms with Gasteiger partial charge in [-0.25, -0.2) is 4.98 Å². The molecule has 1 saturated heterocycles. The van der Waals surface area contributed by atoms with E-state index in [1.54, 1.807) is 0 Å². The molecule has 0 amide bonds. The molecule has 2 atom stereocenters. The number of anilines is 1. The molecule has 76 valence electrons. The Hall–Kier alpha value is -1.36. The molecular formula is C9H14N4O. The second-order valence-electron chi connectivity index (χ2n) is 3.77. The van der Waals surface area contributed by atoms with E-state index in [0.29, 0.717) is 11.9 Å². The first-order valence-electron chi connectivity index (χ1n) is 4.74. The van der Waals surface area contributed by atoms with Crippen LogP contribution in [-0.4, -0.2) is 28.6 Å². The van der Waals surface area contributed by atoms with Crippen molar-refractivity contribution in [3.05, 3.63) is 22.7 Å².